The van der Waals surface area contributed by atoms with Gasteiger partial charge in [0.05, 0.1) is 12.7 Å². The van der Waals surface area contributed by atoms with E-state index < -0.39 is 11.6 Å². The average molecular weight is 215 g/mol. The highest BCUT2D eigenvalue weighted by Crippen LogP contribution is 2.11. The van der Waals surface area contributed by atoms with Gasteiger partial charge in [-0.25, -0.2) is 8.78 Å². The van der Waals surface area contributed by atoms with Gasteiger partial charge in [0, 0.05) is 18.2 Å². The van der Waals surface area contributed by atoms with Crippen LogP contribution in [0.15, 0.2) is 18.2 Å². The van der Waals surface area contributed by atoms with Crippen LogP contribution >= 0.6 is 0 Å². The molecular formula is C11H15F2NO. The number of nitrogens with one attached hydrogen (secondary N) is 1. The Hall–Kier alpha value is -1.00. The van der Waals surface area contributed by atoms with E-state index in [2.05, 4.69) is 5.32 Å². The number of rotatable bonds is 5. The Kier molecular flexibility index (Phi) is 4.65. The Labute approximate surface area is 88.3 Å². The smallest absolute Gasteiger partial charge is 0.131 e. The Balaban J connectivity index is 2.50. The van der Waals surface area contributed by atoms with Gasteiger partial charge in [-0.05, 0) is 20.0 Å². The van der Waals surface area contributed by atoms with Gasteiger partial charge in [-0.3, -0.25) is 0 Å². The summed E-state index contributed by atoms with van der Waals surface area (Å²) in [5, 5.41) is 2.95. The highest BCUT2D eigenvalue weighted by Gasteiger charge is 2.06. The fraction of sp³-hybridized carbons (Fsp3) is 0.455. The van der Waals surface area contributed by atoms with Crippen molar-refractivity contribution in [2.45, 2.75) is 19.6 Å². The molecule has 0 aliphatic carbocycles. The van der Waals surface area contributed by atoms with Crippen LogP contribution in [0.25, 0.3) is 0 Å². The molecule has 0 aromatic heterocycles. The predicted molar refractivity (Wildman–Crippen MR) is 54.5 cm³/mol. The van der Waals surface area contributed by atoms with Gasteiger partial charge < -0.3 is 10.1 Å². The van der Waals surface area contributed by atoms with Crippen LogP contribution in [0.4, 0.5) is 8.78 Å². The molecule has 15 heavy (non-hydrogen) atoms. The van der Waals surface area contributed by atoms with Gasteiger partial charge in [-0.2, -0.15) is 0 Å². The third kappa shape index (κ3) is 3.93. The minimum atomic E-state index is -0.570. The van der Waals surface area contributed by atoms with Crippen molar-refractivity contribution < 1.29 is 13.5 Å². The molecule has 0 saturated heterocycles. The number of hydrogen-bond acceptors (Lipinski definition) is 2. The van der Waals surface area contributed by atoms with E-state index >= 15 is 0 Å². The summed E-state index contributed by atoms with van der Waals surface area (Å²) < 4.78 is 31.1. The van der Waals surface area contributed by atoms with E-state index in [0.717, 1.165) is 6.07 Å². The summed E-state index contributed by atoms with van der Waals surface area (Å²) in [5.74, 6) is -1.13. The van der Waals surface area contributed by atoms with E-state index in [1.807, 2.05) is 14.0 Å². The lowest BCUT2D eigenvalue weighted by atomic mass is 10.2. The monoisotopic (exact) mass is 215 g/mol. The molecule has 0 radical (unpaired) electrons. The average Bonchev–Trinajstić information content (AvgIpc) is 2.17. The largest absolute Gasteiger partial charge is 0.372 e. The predicted octanol–water partition coefficient (Wildman–Crippen LogP) is 2.09. The second-order valence-corrected chi connectivity index (χ2v) is 3.42. The second kappa shape index (κ2) is 5.78. The molecule has 4 heteroatoms. The lowest BCUT2D eigenvalue weighted by molar-refractivity contribution is 0.0528. The van der Waals surface area contributed by atoms with Crippen LogP contribution in [0.3, 0.4) is 0 Å². The Bertz CT molecular complexity index is 317. The molecule has 0 spiro atoms. The van der Waals surface area contributed by atoms with E-state index in [0.29, 0.717) is 12.1 Å². The topological polar surface area (TPSA) is 21.3 Å². The summed E-state index contributed by atoms with van der Waals surface area (Å²) in [6, 6.07) is 3.49. The molecule has 0 aliphatic heterocycles. The summed E-state index contributed by atoms with van der Waals surface area (Å²) in [7, 11) is 1.82. The van der Waals surface area contributed by atoms with Crippen molar-refractivity contribution in [3.63, 3.8) is 0 Å². The molecule has 1 atom stereocenters. The van der Waals surface area contributed by atoms with Gasteiger partial charge >= 0.3 is 0 Å². The van der Waals surface area contributed by atoms with E-state index in [1.165, 1.54) is 12.1 Å². The standard InChI is InChI=1S/C11H15F2NO/c1-8(6-14-2)15-7-9-3-4-10(12)5-11(9)13/h3-5,8,14H,6-7H2,1-2H3. The zero-order chi connectivity index (χ0) is 11.3. The molecule has 1 N–H and O–H groups in total. The molecule has 0 aliphatic rings. The van der Waals surface area contributed by atoms with Gasteiger partial charge in [0.1, 0.15) is 11.6 Å². The van der Waals surface area contributed by atoms with Crippen molar-refractivity contribution in [1.29, 1.82) is 0 Å². The number of likely N-dealkylation sites (N-methyl/N-ethyl adjacent to an activating group) is 1. The lowest BCUT2D eigenvalue weighted by Crippen LogP contribution is -2.23. The van der Waals surface area contributed by atoms with Gasteiger partial charge in [-0.15, -0.1) is 0 Å². The fourth-order valence-corrected chi connectivity index (χ4v) is 1.22. The van der Waals surface area contributed by atoms with Crippen molar-refractivity contribution in [1.82, 2.24) is 5.32 Å². The molecule has 1 unspecified atom stereocenters. The summed E-state index contributed by atoms with van der Waals surface area (Å²) in [6.45, 7) is 2.75. The lowest BCUT2D eigenvalue weighted by Gasteiger charge is -2.12. The van der Waals surface area contributed by atoms with Crippen LogP contribution in [0.2, 0.25) is 0 Å². The SMILES string of the molecule is CNCC(C)OCc1ccc(F)cc1F. The van der Waals surface area contributed by atoms with Crippen molar-refractivity contribution in [3.05, 3.63) is 35.4 Å². The van der Waals surface area contributed by atoms with Gasteiger partial charge in [0.15, 0.2) is 0 Å². The molecule has 0 fully saturated rings. The third-order valence-electron chi connectivity index (χ3n) is 2.03. The Morgan fingerprint density at radius 1 is 1.40 bits per heavy atom. The van der Waals surface area contributed by atoms with E-state index in [-0.39, 0.29) is 12.7 Å². The quantitative estimate of drug-likeness (QED) is 0.812. The number of halogens is 2. The molecule has 0 amide bonds. The molecule has 1 aromatic carbocycles. The zero-order valence-electron chi connectivity index (χ0n) is 8.89. The summed E-state index contributed by atoms with van der Waals surface area (Å²) in [6.07, 6.45) is -0.000506. The van der Waals surface area contributed by atoms with Crippen LogP contribution in [-0.2, 0) is 11.3 Å². The first-order valence-corrected chi connectivity index (χ1v) is 4.83. The maximum atomic E-state index is 13.2. The molecule has 1 aromatic rings. The number of hydrogen-bond donors (Lipinski definition) is 1. The first kappa shape index (κ1) is 12.1. The van der Waals surface area contributed by atoms with Crippen LogP contribution in [-0.4, -0.2) is 19.7 Å². The zero-order valence-corrected chi connectivity index (χ0v) is 8.89. The van der Waals surface area contributed by atoms with Gasteiger partial charge in [0.25, 0.3) is 0 Å². The van der Waals surface area contributed by atoms with Crippen LogP contribution in [0, 0.1) is 11.6 Å². The number of ether oxygens (including phenoxy) is 1. The second-order valence-electron chi connectivity index (χ2n) is 3.42. The first-order chi connectivity index (χ1) is 7.13. The van der Waals surface area contributed by atoms with Crippen LogP contribution < -0.4 is 5.32 Å². The highest BCUT2D eigenvalue weighted by atomic mass is 19.1. The van der Waals surface area contributed by atoms with Gasteiger partial charge in [-0.1, -0.05) is 6.07 Å². The summed E-state index contributed by atoms with van der Waals surface area (Å²) >= 11 is 0. The summed E-state index contributed by atoms with van der Waals surface area (Å²) in [5.41, 5.74) is 0.374. The maximum absolute atomic E-state index is 13.2. The Morgan fingerprint density at radius 2 is 2.13 bits per heavy atom. The van der Waals surface area contributed by atoms with E-state index in [9.17, 15) is 8.78 Å². The number of benzene rings is 1. The van der Waals surface area contributed by atoms with Crippen molar-refractivity contribution >= 4 is 0 Å². The Morgan fingerprint density at radius 3 is 2.73 bits per heavy atom. The van der Waals surface area contributed by atoms with Crippen LogP contribution in [0.5, 0.6) is 0 Å². The van der Waals surface area contributed by atoms with E-state index in [4.69, 9.17) is 4.74 Å². The fourth-order valence-electron chi connectivity index (χ4n) is 1.22. The third-order valence-corrected chi connectivity index (χ3v) is 2.03. The highest BCUT2D eigenvalue weighted by molar-refractivity contribution is 5.17. The summed E-state index contributed by atoms with van der Waals surface area (Å²) in [4.78, 5) is 0. The molecule has 0 heterocycles. The normalized spacial score (nSPS) is 12.8. The van der Waals surface area contributed by atoms with Crippen LogP contribution in [0.1, 0.15) is 12.5 Å². The molecular weight excluding hydrogens is 200 g/mol. The maximum Gasteiger partial charge on any atom is 0.131 e. The molecule has 0 bridgehead atoms. The minimum Gasteiger partial charge on any atom is -0.372 e. The molecule has 2 nitrogen and oxygen atoms in total. The van der Waals surface area contributed by atoms with Crippen molar-refractivity contribution in [3.8, 4) is 0 Å². The molecule has 1 rings (SSSR count). The molecule has 0 saturated carbocycles. The minimum absolute atomic E-state index is 0.000506. The first-order valence-electron chi connectivity index (χ1n) is 4.83. The van der Waals surface area contributed by atoms with Gasteiger partial charge in [0.2, 0.25) is 0 Å². The van der Waals surface area contributed by atoms with Crippen molar-refractivity contribution in [2.24, 2.45) is 0 Å². The van der Waals surface area contributed by atoms with Crippen molar-refractivity contribution in [2.75, 3.05) is 13.6 Å². The van der Waals surface area contributed by atoms with E-state index in [1.54, 1.807) is 0 Å². The molecule has 84 valence electrons.